The lowest BCUT2D eigenvalue weighted by molar-refractivity contribution is -0.336. The number of methoxy groups -OCH3 is 2. The topological polar surface area (TPSA) is 252 Å². The number of nitrogens with zero attached hydrogens (tertiary/aromatic N) is 3. The molecule has 0 unspecified atom stereocenters. The highest BCUT2D eigenvalue weighted by Gasteiger charge is 2.58. The molecule has 1 amide bonds. The van der Waals surface area contributed by atoms with Gasteiger partial charge in [-0.25, -0.2) is 0 Å². The number of unbranched alkanes of at least 4 members (excludes halogenated alkanes) is 1. The standard InChI is InChI=1S/C62H98ClN5O15/c1-17-49-61(11,75)54(71)40(7)67(14)33-35(2)31-59(9,74)55(83-58-52(70)48(66(12)13)28-36(3)79-58)37(4)53(38(5)57(73)81-49)82-51-32-60(10,78-16)62(76,41(8)80-51)34-64-26-18-19-27-65-50(69)30-45-39(6)68(47-25-24-44(77-15)29-46(45)47)56(72)42-20-22-43(63)23-21-42/h20-25,29,35-38,40-41,48-49,51-55,58,64,70-71,74-76H,17-19,26-28,30-34H2,1-16H3,(H,65,69)/t35-,36-,37+,38-,40-,41+,48+,49-,51+,52-,53+,54-,55-,58+,59-,60-,61-,62-/m1/s1. The van der Waals surface area contributed by atoms with Crippen LogP contribution in [0.3, 0.4) is 0 Å². The SMILES string of the molecule is CC[C@H]1OC(=O)[C@H](C)[C@@H](O[C@H]2C[C@@](C)(OC)[C@@](O)(CNCCCCNC(=O)Cc3c(C)n(C(=O)c4ccc(Cl)cc4)c4ccc(OC)cc34)[C@H](C)O2)[C@H](C)[C@@H](O[C@@H]2O[C@H](C)C[C@H](N(C)C)[C@H]2O)[C@](C)(O)C[C@@H](C)CN(C)[C@H](C)[C@@H](O)[C@]1(C)O. The predicted octanol–water partition coefficient (Wildman–Crippen LogP) is 5.61. The first-order valence-corrected chi connectivity index (χ1v) is 30.0. The lowest BCUT2D eigenvalue weighted by Crippen LogP contribution is -2.70. The Labute approximate surface area is 496 Å². The number of rotatable bonds is 18. The van der Waals surface area contributed by atoms with Gasteiger partial charge in [-0.2, -0.15) is 0 Å². The quantitative estimate of drug-likeness (QED) is 0.0604. The molecule has 3 saturated heterocycles. The smallest absolute Gasteiger partial charge is 0.311 e. The first-order chi connectivity index (χ1) is 38.9. The summed E-state index contributed by atoms with van der Waals surface area (Å²) in [5, 5.41) is 68.6. The van der Waals surface area contributed by atoms with Crippen LogP contribution in [0.1, 0.15) is 129 Å². The third-order valence-corrected chi connectivity index (χ3v) is 18.6. The fraction of sp³-hybridized carbons (Fsp3) is 0.726. The summed E-state index contributed by atoms with van der Waals surface area (Å²) in [5.41, 5.74) is -3.92. The summed E-state index contributed by atoms with van der Waals surface area (Å²) in [6.45, 7) is 20.7. The van der Waals surface area contributed by atoms with Crippen LogP contribution >= 0.6 is 11.6 Å². The van der Waals surface area contributed by atoms with Crippen molar-refractivity contribution < 1.29 is 73.1 Å². The average Bonchev–Trinajstić information content (AvgIpc) is 2.75. The monoisotopic (exact) mass is 1190 g/mol. The van der Waals surface area contributed by atoms with E-state index in [0.717, 1.165) is 5.39 Å². The van der Waals surface area contributed by atoms with Gasteiger partial charge in [0.15, 0.2) is 12.6 Å². The molecule has 468 valence electrons. The number of benzene rings is 2. The van der Waals surface area contributed by atoms with Gasteiger partial charge < -0.3 is 79.1 Å². The predicted molar refractivity (Wildman–Crippen MR) is 316 cm³/mol. The van der Waals surface area contributed by atoms with Crippen LogP contribution in [0.25, 0.3) is 10.9 Å². The molecule has 2 aromatic carbocycles. The number of amides is 1. The number of carbonyl (C=O) groups is 3. The van der Waals surface area contributed by atoms with E-state index in [-0.39, 0.29) is 62.1 Å². The molecule has 6 rings (SSSR count). The van der Waals surface area contributed by atoms with E-state index in [0.29, 0.717) is 72.0 Å². The van der Waals surface area contributed by atoms with E-state index in [4.69, 9.17) is 44.8 Å². The number of esters is 1. The third kappa shape index (κ3) is 15.3. The van der Waals surface area contributed by atoms with E-state index < -0.39 is 95.5 Å². The Hall–Kier alpha value is -3.84. The maximum atomic E-state index is 14.7. The zero-order valence-corrected chi connectivity index (χ0v) is 52.7. The minimum Gasteiger partial charge on any atom is -0.497 e. The maximum Gasteiger partial charge on any atom is 0.311 e. The van der Waals surface area contributed by atoms with Gasteiger partial charge in [0.05, 0.1) is 55.0 Å². The van der Waals surface area contributed by atoms with E-state index in [1.54, 1.807) is 83.6 Å². The van der Waals surface area contributed by atoms with Crippen molar-refractivity contribution in [2.24, 2.45) is 17.8 Å². The molecule has 0 radical (unpaired) electrons. The fourth-order valence-corrected chi connectivity index (χ4v) is 13.2. The maximum absolute atomic E-state index is 14.7. The highest BCUT2D eigenvalue weighted by Crippen LogP contribution is 2.44. The van der Waals surface area contributed by atoms with Gasteiger partial charge in [0, 0.05) is 72.8 Å². The van der Waals surface area contributed by atoms with E-state index in [1.807, 2.05) is 70.8 Å². The van der Waals surface area contributed by atoms with Crippen LogP contribution in [0.5, 0.6) is 5.75 Å². The van der Waals surface area contributed by atoms with Crippen molar-refractivity contribution in [3.63, 3.8) is 0 Å². The minimum absolute atomic E-state index is 0.00259. The molecule has 0 saturated carbocycles. The summed E-state index contributed by atoms with van der Waals surface area (Å²) >= 11 is 6.11. The second-order valence-corrected chi connectivity index (χ2v) is 25.4. The number of carbonyl (C=O) groups excluding carboxylic acids is 3. The molecular weight excluding hydrogens is 1090 g/mol. The van der Waals surface area contributed by atoms with Crippen molar-refractivity contribution >= 4 is 40.3 Å². The molecule has 83 heavy (non-hydrogen) atoms. The largest absolute Gasteiger partial charge is 0.497 e. The fourth-order valence-electron chi connectivity index (χ4n) is 13.0. The first kappa shape index (κ1) is 68.3. The molecule has 0 spiro atoms. The van der Waals surface area contributed by atoms with Gasteiger partial charge in [0.1, 0.15) is 40.9 Å². The summed E-state index contributed by atoms with van der Waals surface area (Å²) in [5.74, 6) is -2.73. The number of nitrogens with one attached hydrogen (secondary N) is 2. The number of aliphatic hydroxyl groups is 5. The highest BCUT2D eigenvalue weighted by molar-refractivity contribution is 6.30. The number of likely N-dealkylation sites (N-methyl/N-ethyl adjacent to an activating group) is 2. The van der Waals surface area contributed by atoms with Crippen LogP contribution in [0.4, 0.5) is 0 Å². The Morgan fingerprint density at radius 1 is 0.916 bits per heavy atom. The van der Waals surface area contributed by atoms with Gasteiger partial charge in [0.25, 0.3) is 5.91 Å². The van der Waals surface area contributed by atoms with Gasteiger partial charge in [-0.05, 0) is 169 Å². The van der Waals surface area contributed by atoms with Gasteiger partial charge in [-0.3, -0.25) is 19.0 Å². The summed E-state index contributed by atoms with van der Waals surface area (Å²) < 4.78 is 46.2. The Morgan fingerprint density at radius 3 is 2.20 bits per heavy atom. The van der Waals surface area contributed by atoms with Crippen LogP contribution in [-0.4, -0.2) is 209 Å². The van der Waals surface area contributed by atoms with E-state index in [9.17, 15) is 39.9 Å². The molecule has 0 aliphatic carbocycles. The van der Waals surface area contributed by atoms with Crippen molar-refractivity contribution in [1.82, 2.24) is 25.0 Å². The number of cyclic esters (lactones) is 1. The van der Waals surface area contributed by atoms with Gasteiger partial charge in [-0.1, -0.05) is 32.4 Å². The van der Waals surface area contributed by atoms with Crippen LogP contribution in [0.2, 0.25) is 5.02 Å². The molecule has 3 fully saturated rings. The summed E-state index contributed by atoms with van der Waals surface area (Å²) in [6, 6.07) is 11.2. The molecule has 3 aliphatic rings. The summed E-state index contributed by atoms with van der Waals surface area (Å²) in [4.78, 5) is 45.8. The number of aromatic nitrogens is 1. The third-order valence-electron chi connectivity index (χ3n) is 18.4. The molecule has 1 aromatic heterocycles. The number of fused-ring (bicyclic) bond motifs is 1. The summed E-state index contributed by atoms with van der Waals surface area (Å²) in [7, 11) is 8.66. The molecule has 20 nitrogen and oxygen atoms in total. The molecule has 21 heteroatoms. The number of halogens is 1. The van der Waals surface area contributed by atoms with E-state index in [1.165, 1.54) is 14.0 Å². The van der Waals surface area contributed by atoms with Crippen LogP contribution in [0, 0.1) is 24.7 Å². The Morgan fingerprint density at radius 2 is 1.58 bits per heavy atom. The number of hydrogen-bond acceptors (Lipinski definition) is 18. The second kappa shape index (κ2) is 28.3. The molecule has 18 atom stereocenters. The molecule has 3 aromatic rings. The number of aliphatic hydroxyl groups excluding tert-OH is 2. The van der Waals surface area contributed by atoms with Crippen molar-refractivity contribution in [1.29, 1.82) is 0 Å². The molecule has 3 aliphatic heterocycles. The van der Waals surface area contributed by atoms with Gasteiger partial charge >= 0.3 is 5.97 Å². The van der Waals surface area contributed by atoms with Gasteiger partial charge in [-0.15, -0.1) is 0 Å². The number of ether oxygens (including phenoxy) is 7. The average molecular weight is 1190 g/mol. The second-order valence-electron chi connectivity index (χ2n) is 25.0. The summed E-state index contributed by atoms with van der Waals surface area (Å²) in [6.07, 6.45) is -7.10. The minimum atomic E-state index is -1.87. The molecule has 4 heterocycles. The van der Waals surface area contributed by atoms with Gasteiger partial charge in [0.2, 0.25) is 5.91 Å². The highest BCUT2D eigenvalue weighted by atomic mass is 35.5. The first-order valence-electron chi connectivity index (χ1n) is 29.6. The zero-order chi connectivity index (χ0) is 61.7. The van der Waals surface area contributed by atoms with Crippen LogP contribution in [-0.2, 0) is 44.4 Å². The lowest BCUT2D eigenvalue weighted by atomic mass is 9.75. The molecule has 7 N–H and O–H groups in total. The normalized spacial score (nSPS) is 36.3. The Bertz CT molecular complexity index is 2640. The Balaban J connectivity index is 1.17. The molecular formula is C62H98ClN5O15. The van der Waals surface area contributed by atoms with Crippen molar-refractivity contribution in [3.05, 3.63) is 64.3 Å². The number of hydrogen-bond donors (Lipinski definition) is 7. The van der Waals surface area contributed by atoms with E-state index in [2.05, 4.69) is 10.6 Å². The van der Waals surface area contributed by atoms with Crippen LogP contribution < -0.4 is 15.4 Å². The van der Waals surface area contributed by atoms with Crippen LogP contribution in [0.15, 0.2) is 42.5 Å². The zero-order valence-electron chi connectivity index (χ0n) is 51.9. The van der Waals surface area contributed by atoms with Crippen molar-refractivity contribution in [2.45, 2.75) is 211 Å². The Kier molecular flexibility index (Phi) is 23.3. The van der Waals surface area contributed by atoms with Crippen molar-refractivity contribution in [2.75, 3.05) is 61.5 Å². The lowest BCUT2D eigenvalue weighted by Gasteiger charge is -2.53. The molecule has 0 bridgehead atoms. The van der Waals surface area contributed by atoms with Crippen molar-refractivity contribution in [3.8, 4) is 5.75 Å². The van der Waals surface area contributed by atoms with E-state index >= 15 is 0 Å².